The van der Waals surface area contributed by atoms with Crippen molar-refractivity contribution in [3.63, 3.8) is 0 Å². The second-order valence-electron chi connectivity index (χ2n) is 7.18. The van der Waals surface area contributed by atoms with Crippen molar-refractivity contribution < 1.29 is 0 Å². The summed E-state index contributed by atoms with van der Waals surface area (Å²) in [4.78, 5) is 7.80. The standard InChI is InChI=1S/C16H34N4/c1-6-14-10-20(16(9-17-14)13(2)3)12-15-11-18(4)7-8-19(15)5/h13-17H,6-12H2,1-5H3. The first-order chi connectivity index (χ1) is 9.51. The topological polar surface area (TPSA) is 21.8 Å². The zero-order chi connectivity index (χ0) is 14.7. The lowest BCUT2D eigenvalue weighted by atomic mass is 9.96. The van der Waals surface area contributed by atoms with E-state index in [9.17, 15) is 0 Å². The lowest BCUT2D eigenvalue weighted by Gasteiger charge is -2.46. The highest BCUT2D eigenvalue weighted by Gasteiger charge is 2.32. The number of hydrogen-bond acceptors (Lipinski definition) is 4. The largest absolute Gasteiger partial charge is 0.311 e. The maximum Gasteiger partial charge on any atom is 0.0347 e. The van der Waals surface area contributed by atoms with Gasteiger partial charge in [-0.25, -0.2) is 0 Å². The number of nitrogens with zero attached hydrogens (tertiary/aromatic N) is 3. The maximum atomic E-state index is 3.72. The van der Waals surface area contributed by atoms with Gasteiger partial charge in [0, 0.05) is 57.4 Å². The van der Waals surface area contributed by atoms with Crippen molar-refractivity contribution in [2.24, 2.45) is 5.92 Å². The van der Waals surface area contributed by atoms with Gasteiger partial charge >= 0.3 is 0 Å². The van der Waals surface area contributed by atoms with Crippen LogP contribution < -0.4 is 5.32 Å². The molecule has 0 aromatic heterocycles. The molecule has 2 rings (SSSR count). The van der Waals surface area contributed by atoms with E-state index >= 15 is 0 Å². The van der Waals surface area contributed by atoms with Gasteiger partial charge in [0.1, 0.15) is 0 Å². The minimum atomic E-state index is 0.677. The highest BCUT2D eigenvalue weighted by atomic mass is 15.3. The first-order valence-electron chi connectivity index (χ1n) is 8.37. The van der Waals surface area contributed by atoms with Crippen LogP contribution in [0, 0.1) is 5.92 Å². The zero-order valence-corrected chi connectivity index (χ0v) is 14.1. The summed E-state index contributed by atoms with van der Waals surface area (Å²) in [5.74, 6) is 0.729. The van der Waals surface area contributed by atoms with Crippen molar-refractivity contribution >= 4 is 0 Å². The van der Waals surface area contributed by atoms with Gasteiger partial charge in [-0.2, -0.15) is 0 Å². The second kappa shape index (κ2) is 7.21. The first kappa shape index (κ1) is 16.2. The molecule has 3 atom stereocenters. The molecule has 0 radical (unpaired) electrons. The molecule has 0 bridgehead atoms. The van der Waals surface area contributed by atoms with Crippen LogP contribution in [0.2, 0.25) is 0 Å². The van der Waals surface area contributed by atoms with Gasteiger partial charge in [-0.3, -0.25) is 9.80 Å². The van der Waals surface area contributed by atoms with Crippen LogP contribution in [0.4, 0.5) is 0 Å². The van der Waals surface area contributed by atoms with Crippen molar-refractivity contribution in [2.75, 3.05) is 53.4 Å². The Kier molecular flexibility index (Phi) is 5.84. The number of likely N-dealkylation sites (N-methyl/N-ethyl adjacent to an activating group) is 2. The van der Waals surface area contributed by atoms with E-state index in [2.05, 4.69) is 54.9 Å². The Morgan fingerprint density at radius 2 is 1.90 bits per heavy atom. The number of hydrogen-bond donors (Lipinski definition) is 1. The summed E-state index contributed by atoms with van der Waals surface area (Å²) in [6.45, 7) is 14.2. The van der Waals surface area contributed by atoms with Crippen molar-refractivity contribution in [3.05, 3.63) is 0 Å². The summed E-state index contributed by atoms with van der Waals surface area (Å²) in [5.41, 5.74) is 0. The second-order valence-corrected chi connectivity index (χ2v) is 7.18. The Morgan fingerprint density at radius 1 is 1.15 bits per heavy atom. The van der Waals surface area contributed by atoms with Gasteiger partial charge in [0.25, 0.3) is 0 Å². The molecule has 2 aliphatic rings. The minimum Gasteiger partial charge on any atom is -0.311 e. The van der Waals surface area contributed by atoms with Crippen LogP contribution in [0.25, 0.3) is 0 Å². The molecule has 4 heteroatoms. The molecule has 0 amide bonds. The van der Waals surface area contributed by atoms with Gasteiger partial charge in [0.05, 0.1) is 0 Å². The van der Waals surface area contributed by atoms with Crippen LogP contribution >= 0.6 is 0 Å². The molecule has 2 heterocycles. The summed E-state index contributed by atoms with van der Waals surface area (Å²) in [7, 11) is 4.55. The molecule has 2 saturated heterocycles. The van der Waals surface area contributed by atoms with E-state index in [0.717, 1.165) is 12.5 Å². The fourth-order valence-electron chi connectivity index (χ4n) is 3.61. The maximum absolute atomic E-state index is 3.72. The number of piperazine rings is 2. The zero-order valence-electron chi connectivity index (χ0n) is 14.1. The molecule has 3 unspecified atom stereocenters. The smallest absolute Gasteiger partial charge is 0.0347 e. The lowest BCUT2D eigenvalue weighted by molar-refractivity contribution is 0.0361. The third-order valence-electron chi connectivity index (χ3n) is 5.23. The van der Waals surface area contributed by atoms with Crippen molar-refractivity contribution in [3.8, 4) is 0 Å². The quantitative estimate of drug-likeness (QED) is 0.828. The molecule has 2 fully saturated rings. The third kappa shape index (κ3) is 3.94. The van der Waals surface area contributed by atoms with Crippen molar-refractivity contribution in [1.29, 1.82) is 0 Å². The minimum absolute atomic E-state index is 0.677. The van der Waals surface area contributed by atoms with E-state index in [0.29, 0.717) is 18.1 Å². The third-order valence-corrected chi connectivity index (χ3v) is 5.23. The summed E-state index contributed by atoms with van der Waals surface area (Å²) < 4.78 is 0. The van der Waals surface area contributed by atoms with Crippen LogP contribution in [0.1, 0.15) is 27.2 Å². The van der Waals surface area contributed by atoms with Crippen LogP contribution in [-0.4, -0.2) is 86.2 Å². The monoisotopic (exact) mass is 282 g/mol. The van der Waals surface area contributed by atoms with Gasteiger partial charge in [0.15, 0.2) is 0 Å². The van der Waals surface area contributed by atoms with Crippen molar-refractivity contribution in [2.45, 2.75) is 45.3 Å². The van der Waals surface area contributed by atoms with E-state index in [1.54, 1.807) is 0 Å². The van der Waals surface area contributed by atoms with E-state index in [1.165, 1.54) is 39.1 Å². The summed E-state index contributed by atoms with van der Waals surface area (Å²) >= 11 is 0. The van der Waals surface area contributed by atoms with E-state index in [-0.39, 0.29) is 0 Å². The Morgan fingerprint density at radius 3 is 2.55 bits per heavy atom. The average Bonchev–Trinajstić information content (AvgIpc) is 2.42. The van der Waals surface area contributed by atoms with Crippen LogP contribution in [0.5, 0.6) is 0 Å². The molecular formula is C16H34N4. The van der Waals surface area contributed by atoms with E-state index in [4.69, 9.17) is 0 Å². The first-order valence-corrected chi connectivity index (χ1v) is 8.37. The van der Waals surface area contributed by atoms with E-state index < -0.39 is 0 Å². The molecule has 4 nitrogen and oxygen atoms in total. The number of nitrogens with one attached hydrogen (secondary N) is 1. The fraction of sp³-hybridized carbons (Fsp3) is 1.00. The van der Waals surface area contributed by atoms with Crippen LogP contribution in [0.15, 0.2) is 0 Å². The Bertz CT molecular complexity index is 294. The van der Waals surface area contributed by atoms with Crippen molar-refractivity contribution in [1.82, 2.24) is 20.0 Å². The normalized spacial score (nSPS) is 34.8. The van der Waals surface area contributed by atoms with Gasteiger partial charge in [-0.1, -0.05) is 20.8 Å². The Labute approximate surface area is 125 Å². The van der Waals surface area contributed by atoms with Crippen LogP contribution in [0.3, 0.4) is 0 Å². The summed E-state index contributed by atoms with van der Waals surface area (Å²) in [5, 5.41) is 3.72. The fourth-order valence-corrected chi connectivity index (χ4v) is 3.61. The van der Waals surface area contributed by atoms with E-state index in [1.807, 2.05) is 0 Å². The predicted molar refractivity (Wildman–Crippen MR) is 86.2 cm³/mol. The number of rotatable bonds is 4. The molecule has 0 spiro atoms. The lowest BCUT2D eigenvalue weighted by Crippen LogP contribution is -2.62. The van der Waals surface area contributed by atoms with Gasteiger partial charge < -0.3 is 10.2 Å². The predicted octanol–water partition coefficient (Wildman–Crippen LogP) is 0.941. The average molecular weight is 282 g/mol. The van der Waals surface area contributed by atoms with Gasteiger partial charge in [0.2, 0.25) is 0 Å². The molecule has 2 aliphatic heterocycles. The molecule has 0 saturated carbocycles. The van der Waals surface area contributed by atoms with Crippen LogP contribution in [-0.2, 0) is 0 Å². The Balaban J connectivity index is 1.98. The molecule has 20 heavy (non-hydrogen) atoms. The molecule has 0 aromatic carbocycles. The molecular weight excluding hydrogens is 248 g/mol. The molecule has 118 valence electrons. The van der Waals surface area contributed by atoms with Gasteiger partial charge in [-0.05, 0) is 26.4 Å². The molecule has 1 N–H and O–H groups in total. The summed E-state index contributed by atoms with van der Waals surface area (Å²) in [6.07, 6.45) is 1.24. The molecule has 0 aliphatic carbocycles. The highest BCUT2D eigenvalue weighted by Crippen LogP contribution is 2.18. The summed E-state index contributed by atoms with van der Waals surface area (Å²) in [6, 6.07) is 2.06. The SMILES string of the molecule is CCC1CN(CC2CN(C)CCN2C)C(C(C)C)CN1. The highest BCUT2D eigenvalue weighted by molar-refractivity contribution is 4.91. The van der Waals surface area contributed by atoms with Gasteiger partial charge in [-0.15, -0.1) is 0 Å². The molecule has 0 aromatic rings. The Hall–Kier alpha value is -0.160.